The van der Waals surface area contributed by atoms with Crippen LogP contribution >= 0.6 is 27.3 Å². The van der Waals surface area contributed by atoms with E-state index in [4.69, 9.17) is 0 Å². The van der Waals surface area contributed by atoms with E-state index in [-0.39, 0.29) is 0 Å². The van der Waals surface area contributed by atoms with Gasteiger partial charge in [-0.05, 0) is 39.9 Å². The van der Waals surface area contributed by atoms with Crippen molar-refractivity contribution in [3.63, 3.8) is 0 Å². The summed E-state index contributed by atoms with van der Waals surface area (Å²) in [7, 11) is 0. The fourth-order valence-corrected chi connectivity index (χ4v) is 2.95. The molecule has 0 aliphatic rings. The van der Waals surface area contributed by atoms with E-state index < -0.39 is 6.10 Å². The number of nitrogens with zero attached hydrogens (tertiary/aromatic N) is 1. The summed E-state index contributed by atoms with van der Waals surface area (Å²) in [6.45, 7) is 1.95. The second kappa shape index (κ2) is 4.43. The molecule has 1 N–H and O–H groups in total. The Bertz CT molecular complexity index is 469. The SMILES string of the molecule is Cc1cccnc1C(O)c1cscc1Br. The molecule has 0 radical (unpaired) electrons. The standard InChI is InChI=1S/C11H10BrNOS/c1-7-3-2-4-13-10(7)11(14)8-5-15-6-9(8)12/h2-6,11,14H,1H3. The molecule has 2 nitrogen and oxygen atoms in total. The number of thiophene rings is 1. The van der Waals surface area contributed by atoms with Crippen molar-refractivity contribution in [2.45, 2.75) is 13.0 Å². The van der Waals surface area contributed by atoms with Crippen LogP contribution in [0.15, 0.2) is 33.6 Å². The van der Waals surface area contributed by atoms with Crippen LogP contribution in [-0.4, -0.2) is 10.1 Å². The highest BCUT2D eigenvalue weighted by atomic mass is 79.9. The van der Waals surface area contributed by atoms with Gasteiger partial charge in [0.1, 0.15) is 6.10 Å². The predicted molar refractivity (Wildman–Crippen MR) is 65.1 cm³/mol. The van der Waals surface area contributed by atoms with Crippen LogP contribution in [0, 0.1) is 6.92 Å². The zero-order chi connectivity index (χ0) is 10.8. The summed E-state index contributed by atoms with van der Waals surface area (Å²) in [6.07, 6.45) is 1.05. The average Bonchev–Trinajstić information content (AvgIpc) is 2.64. The van der Waals surface area contributed by atoms with Crippen molar-refractivity contribution >= 4 is 27.3 Å². The van der Waals surface area contributed by atoms with Crippen LogP contribution in [0.4, 0.5) is 0 Å². The van der Waals surface area contributed by atoms with Gasteiger partial charge in [0.25, 0.3) is 0 Å². The van der Waals surface area contributed by atoms with Crippen molar-refractivity contribution in [1.29, 1.82) is 0 Å². The number of aliphatic hydroxyl groups is 1. The fourth-order valence-electron chi connectivity index (χ4n) is 1.42. The third-order valence-electron chi connectivity index (χ3n) is 2.25. The summed E-state index contributed by atoms with van der Waals surface area (Å²) in [6, 6.07) is 3.82. The van der Waals surface area contributed by atoms with Crippen LogP contribution in [0.5, 0.6) is 0 Å². The first-order valence-electron chi connectivity index (χ1n) is 4.51. The van der Waals surface area contributed by atoms with Crippen molar-refractivity contribution in [2.24, 2.45) is 0 Å². The Balaban J connectivity index is 2.41. The molecule has 4 heteroatoms. The Morgan fingerprint density at radius 1 is 1.47 bits per heavy atom. The zero-order valence-electron chi connectivity index (χ0n) is 8.14. The molecule has 0 fully saturated rings. The molecule has 2 rings (SSSR count). The molecule has 2 aromatic rings. The summed E-state index contributed by atoms with van der Waals surface area (Å²) >= 11 is 4.97. The van der Waals surface area contributed by atoms with Crippen LogP contribution < -0.4 is 0 Å². The quantitative estimate of drug-likeness (QED) is 0.918. The second-order valence-corrected chi connectivity index (χ2v) is 4.88. The normalized spacial score (nSPS) is 12.7. The number of aryl methyl sites for hydroxylation is 1. The van der Waals surface area contributed by atoms with Crippen LogP contribution in [0.1, 0.15) is 22.9 Å². The highest BCUT2D eigenvalue weighted by Gasteiger charge is 2.17. The van der Waals surface area contributed by atoms with Gasteiger partial charge >= 0.3 is 0 Å². The smallest absolute Gasteiger partial charge is 0.123 e. The minimum Gasteiger partial charge on any atom is -0.382 e. The van der Waals surface area contributed by atoms with Gasteiger partial charge in [0.05, 0.1) is 5.69 Å². The number of halogens is 1. The fraction of sp³-hybridized carbons (Fsp3) is 0.182. The minimum atomic E-state index is -0.646. The number of hydrogen-bond acceptors (Lipinski definition) is 3. The highest BCUT2D eigenvalue weighted by Crippen LogP contribution is 2.31. The van der Waals surface area contributed by atoms with E-state index in [0.717, 1.165) is 21.3 Å². The van der Waals surface area contributed by atoms with Gasteiger partial charge in [-0.25, -0.2) is 0 Å². The lowest BCUT2D eigenvalue weighted by atomic mass is 10.1. The molecule has 15 heavy (non-hydrogen) atoms. The number of rotatable bonds is 2. The van der Waals surface area contributed by atoms with Gasteiger partial charge in [-0.3, -0.25) is 4.98 Å². The van der Waals surface area contributed by atoms with Crippen molar-refractivity contribution in [1.82, 2.24) is 4.98 Å². The van der Waals surface area contributed by atoms with Crippen molar-refractivity contribution in [3.05, 3.63) is 50.4 Å². The topological polar surface area (TPSA) is 33.1 Å². The molecule has 0 saturated heterocycles. The van der Waals surface area contributed by atoms with Gasteiger partial charge in [-0.15, -0.1) is 0 Å². The second-order valence-electron chi connectivity index (χ2n) is 3.28. The Morgan fingerprint density at radius 3 is 2.87 bits per heavy atom. The molecule has 1 atom stereocenters. The van der Waals surface area contributed by atoms with Crippen molar-refractivity contribution in [3.8, 4) is 0 Å². The molecule has 1 unspecified atom stereocenters. The molecule has 0 aliphatic heterocycles. The van der Waals surface area contributed by atoms with Gasteiger partial charge in [0.15, 0.2) is 0 Å². The molecular weight excluding hydrogens is 274 g/mol. The van der Waals surface area contributed by atoms with E-state index >= 15 is 0 Å². The van der Waals surface area contributed by atoms with Crippen LogP contribution in [0.25, 0.3) is 0 Å². The van der Waals surface area contributed by atoms with Crippen LogP contribution in [0.3, 0.4) is 0 Å². The summed E-state index contributed by atoms with van der Waals surface area (Å²) in [5.41, 5.74) is 2.60. The third-order valence-corrected chi connectivity index (χ3v) is 4.00. The average molecular weight is 284 g/mol. The number of aromatic nitrogens is 1. The molecule has 2 heterocycles. The molecule has 2 aromatic heterocycles. The maximum atomic E-state index is 10.2. The first kappa shape index (κ1) is 10.8. The largest absolute Gasteiger partial charge is 0.382 e. The molecule has 0 aliphatic carbocycles. The first-order chi connectivity index (χ1) is 7.20. The molecular formula is C11H10BrNOS. The van der Waals surface area contributed by atoms with E-state index in [1.165, 1.54) is 0 Å². The maximum absolute atomic E-state index is 10.2. The van der Waals surface area contributed by atoms with Crippen molar-refractivity contribution < 1.29 is 5.11 Å². The molecule has 78 valence electrons. The zero-order valence-corrected chi connectivity index (χ0v) is 10.5. The Hall–Kier alpha value is -0.710. The van der Waals surface area contributed by atoms with E-state index in [0.29, 0.717) is 0 Å². The lowest BCUT2D eigenvalue weighted by molar-refractivity contribution is 0.214. The minimum absolute atomic E-state index is 0.646. The van der Waals surface area contributed by atoms with E-state index in [1.807, 2.05) is 29.8 Å². The Morgan fingerprint density at radius 2 is 2.27 bits per heavy atom. The predicted octanol–water partition coefficient (Wildman–Crippen LogP) is 3.30. The first-order valence-corrected chi connectivity index (χ1v) is 6.25. The van der Waals surface area contributed by atoms with E-state index in [2.05, 4.69) is 20.9 Å². The van der Waals surface area contributed by atoms with Gasteiger partial charge in [0.2, 0.25) is 0 Å². The van der Waals surface area contributed by atoms with Crippen LogP contribution in [-0.2, 0) is 0 Å². The van der Waals surface area contributed by atoms with Gasteiger partial charge in [0, 0.05) is 21.6 Å². The summed E-state index contributed by atoms with van der Waals surface area (Å²) in [4.78, 5) is 4.21. The van der Waals surface area contributed by atoms with E-state index in [1.54, 1.807) is 17.5 Å². The monoisotopic (exact) mass is 283 g/mol. The molecule has 0 spiro atoms. The number of hydrogen-bond donors (Lipinski definition) is 1. The third kappa shape index (κ3) is 2.12. The Labute approximate surface area is 101 Å². The highest BCUT2D eigenvalue weighted by molar-refractivity contribution is 9.10. The van der Waals surface area contributed by atoms with Gasteiger partial charge in [-0.2, -0.15) is 11.3 Å². The summed E-state index contributed by atoms with van der Waals surface area (Å²) in [5.74, 6) is 0. The molecule has 0 aromatic carbocycles. The van der Waals surface area contributed by atoms with E-state index in [9.17, 15) is 5.11 Å². The summed E-state index contributed by atoms with van der Waals surface area (Å²) in [5, 5.41) is 14.0. The maximum Gasteiger partial charge on any atom is 0.123 e. The molecule has 0 amide bonds. The number of aliphatic hydroxyl groups excluding tert-OH is 1. The van der Waals surface area contributed by atoms with Gasteiger partial charge < -0.3 is 5.11 Å². The lowest BCUT2D eigenvalue weighted by Gasteiger charge is -2.11. The summed E-state index contributed by atoms with van der Waals surface area (Å²) < 4.78 is 0.935. The number of pyridine rings is 1. The molecule has 0 saturated carbocycles. The van der Waals surface area contributed by atoms with Crippen molar-refractivity contribution in [2.75, 3.05) is 0 Å². The Kier molecular flexibility index (Phi) is 3.19. The lowest BCUT2D eigenvalue weighted by Crippen LogP contribution is -2.03. The van der Waals surface area contributed by atoms with Gasteiger partial charge in [-0.1, -0.05) is 6.07 Å². The van der Waals surface area contributed by atoms with Crippen LogP contribution in [0.2, 0.25) is 0 Å². The molecule has 0 bridgehead atoms.